The number of nitrogens with one attached hydrogen (secondary N) is 2. The summed E-state index contributed by atoms with van der Waals surface area (Å²) < 4.78 is 5.37. The molecule has 1 fully saturated rings. The molecule has 24 heavy (non-hydrogen) atoms. The Morgan fingerprint density at radius 3 is 2.71 bits per heavy atom. The second kappa shape index (κ2) is 8.33. The fourth-order valence-corrected chi connectivity index (χ4v) is 2.18. The van der Waals surface area contributed by atoms with E-state index in [-0.39, 0.29) is 18.4 Å². The van der Waals surface area contributed by atoms with Crippen LogP contribution in [-0.2, 0) is 14.4 Å². The topological polar surface area (TPSA) is 105 Å². The first-order valence-electron chi connectivity index (χ1n) is 8.05. The van der Waals surface area contributed by atoms with Crippen LogP contribution in [0.3, 0.4) is 0 Å². The predicted octanol–water partition coefficient (Wildman–Crippen LogP) is 1.78. The average Bonchev–Trinajstić information content (AvgIpc) is 3.38. The maximum atomic E-state index is 11.8. The molecule has 0 aromatic heterocycles. The van der Waals surface area contributed by atoms with E-state index in [0.29, 0.717) is 24.3 Å². The van der Waals surface area contributed by atoms with E-state index in [1.165, 1.54) is 0 Å². The van der Waals surface area contributed by atoms with Gasteiger partial charge in [-0.1, -0.05) is 19.4 Å². The first-order chi connectivity index (χ1) is 11.5. The molecule has 130 valence electrons. The zero-order valence-electron chi connectivity index (χ0n) is 13.6. The summed E-state index contributed by atoms with van der Waals surface area (Å²) >= 11 is 0. The molecule has 1 aliphatic carbocycles. The molecule has 0 aliphatic heterocycles. The Bertz CT molecular complexity index is 613. The summed E-state index contributed by atoms with van der Waals surface area (Å²) in [5, 5.41) is 14.2. The molecule has 0 bridgehead atoms. The Hall–Kier alpha value is -2.57. The van der Waals surface area contributed by atoms with Gasteiger partial charge in [-0.15, -0.1) is 0 Å². The van der Waals surface area contributed by atoms with E-state index in [2.05, 4.69) is 10.6 Å². The molecule has 1 unspecified atom stereocenters. The number of benzene rings is 1. The highest BCUT2D eigenvalue weighted by Gasteiger charge is 2.29. The van der Waals surface area contributed by atoms with Crippen LogP contribution in [0, 0.1) is 5.92 Å². The van der Waals surface area contributed by atoms with Gasteiger partial charge in [0.15, 0.2) is 6.61 Å². The average molecular weight is 334 g/mol. The van der Waals surface area contributed by atoms with Crippen molar-refractivity contribution in [3.05, 3.63) is 24.3 Å². The van der Waals surface area contributed by atoms with Gasteiger partial charge in [0.05, 0.1) is 0 Å². The number of carboxylic acids is 1. The van der Waals surface area contributed by atoms with Crippen LogP contribution in [-0.4, -0.2) is 35.5 Å². The van der Waals surface area contributed by atoms with Crippen LogP contribution in [0.2, 0.25) is 0 Å². The lowest BCUT2D eigenvalue weighted by Gasteiger charge is -2.14. The Kier molecular flexibility index (Phi) is 6.17. The third-order valence-corrected chi connectivity index (χ3v) is 3.63. The summed E-state index contributed by atoms with van der Waals surface area (Å²) in [6, 6.07) is 5.85. The maximum Gasteiger partial charge on any atom is 0.326 e. The van der Waals surface area contributed by atoms with Crippen molar-refractivity contribution < 1.29 is 24.2 Å². The lowest BCUT2D eigenvalue weighted by molar-refractivity contribution is -0.142. The van der Waals surface area contributed by atoms with Crippen LogP contribution in [0.15, 0.2) is 24.3 Å². The van der Waals surface area contributed by atoms with Gasteiger partial charge >= 0.3 is 5.97 Å². The first-order valence-corrected chi connectivity index (χ1v) is 8.05. The van der Waals surface area contributed by atoms with E-state index >= 15 is 0 Å². The zero-order valence-corrected chi connectivity index (χ0v) is 13.6. The van der Waals surface area contributed by atoms with E-state index in [9.17, 15) is 14.4 Å². The van der Waals surface area contributed by atoms with Crippen molar-refractivity contribution in [1.82, 2.24) is 5.32 Å². The number of rotatable bonds is 9. The SMILES string of the molecule is CCCC(NC(=O)COc1cccc(NC(=O)C2CC2)c1)C(=O)O. The highest BCUT2D eigenvalue weighted by atomic mass is 16.5. The highest BCUT2D eigenvalue weighted by molar-refractivity contribution is 5.94. The van der Waals surface area contributed by atoms with Crippen molar-refractivity contribution in [2.24, 2.45) is 5.92 Å². The summed E-state index contributed by atoms with van der Waals surface area (Å²) in [5.74, 6) is -1.03. The Balaban J connectivity index is 1.83. The van der Waals surface area contributed by atoms with Gasteiger partial charge in [0.25, 0.3) is 5.91 Å². The molecule has 1 aromatic carbocycles. The van der Waals surface area contributed by atoms with Crippen LogP contribution in [0.1, 0.15) is 32.6 Å². The van der Waals surface area contributed by atoms with Crippen molar-refractivity contribution in [1.29, 1.82) is 0 Å². The van der Waals surface area contributed by atoms with Gasteiger partial charge in [-0.3, -0.25) is 9.59 Å². The molecule has 2 amide bonds. The lowest BCUT2D eigenvalue weighted by Crippen LogP contribution is -2.42. The minimum atomic E-state index is -1.06. The molecule has 1 atom stereocenters. The fourth-order valence-electron chi connectivity index (χ4n) is 2.18. The second-order valence-corrected chi connectivity index (χ2v) is 5.83. The maximum absolute atomic E-state index is 11.8. The van der Waals surface area contributed by atoms with E-state index in [0.717, 1.165) is 12.8 Å². The Labute approximate surface area is 140 Å². The molecule has 0 heterocycles. The Morgan fingerprint density at radius 2 is 2.08 bits per heavy atom. The van der Waals surface area contributed by atoms with Crippen molar-refractivity contribution in [2.75, 3.05) is 11.9 Å². The van der Waals surface area contributed by atoms with Gasteiger partial charge in [0, 0.05) is 17.7 Å². The molecule has 7 nitrogen and oxygen atoms in total. The van der Waals surface area contributed by atoms with E-state index in [1.54, 1.807) is 24.3 Å². The molecule has 1 aliphatic rings. The molecule has 2 rings (SSSR count). The third kappa shape index (κ3) is 5.57. The van der Waals surface area contributed by atoms with Crippen LogP contribution < -0.4 is 15.4 Å². The molecule has 0 spiro atoms. The van der Waals surface area contributed by atoms with Gasteiger partial charge in [-0.2, -0.15) is 0 Å². The summed E-state index contributed by atoms with van der Waals surface area (Å²) in [6.45, 7) is 1.56. The molecule has 0 radical (unpaired) electrons. The van der Waals surface area contributed by atoms with Crippen molar-refractivity contribution >= 4 is 23.5 Å². The largest absolute Gasteiger partial charge is 0.484 e. The van der Waals surface area contributed by atoms with E-state index in [4.69, 9.17) is 9.84 Å². The van der Waals surface area contributed by atoms with Crippen LogP contribution in [0.4, 0.5) is 5.69 Å². The molecule has 3 N–H and O–H groups in total. The summed E-state index contributed by atoms with van der Waals surface area (Å²) in [5.41, 5.74) is 0.610. The molecule has 1 saturated carbocycles. The number of carbonyl (C=O) groups is 3. The second-order valence-electron chi connectivity index (χ2n) is 5.83. The van der Waals surface area contributed by atoms with E-state index < -0.39 is 17.9 Å². The number of aliphatic carboxylic acids is 1. The molecular formula is C17H22N2O5. The standard InChI is InChI=1S/C17H22N2O5/c1-2-4-14(17(22)23)19-15(20)10-24-13-6-3-5-12(9-13)18-16(21)11-7-8-11/h3,5-6,9,11,14H,2,4,7-8,10H2,1H3,(H,18,21)(H,19,20)(H,22,23). The number of amides is 2. The number of carboxylic acid groups (broad SMARTS) is 1. The quantitative estimate of drug-likeness (QED) is 0.638. The van der Waals surface area contributed by atoms with Crippen LogP contribution in [0.5, 0.6) is 5.75 Å². The normalized spacial score (nSPS) is 14.5. The van der Waals surface area contributed by atoms with Crippen molar-refractivity contribution in [3.8, 4) is 5.75 Å². The van der Waals surface area contributed by atoms with Gasteiger partial charge in [-0.05, 0) is 31.4 Å². The zero-order chi connectivity index (χ0) is 17.5. The highest BCUT2D eigenvalue weighted by Crippen LogP contribution is 2.30. The predicted molar refractivity (Wildman–Crippen MR) is 87.8 cm³/mol. The fraction of sp³-hybridized carbons (Fsp3) is 0.471. The molecule has 0 saturated heterocycles. The summed E-state index contributed by atoms with van der Waals surface area (Å²) in [7, 11) is 0. The van der Waals surface area contributed by atoms with Gasteiger partial charge in [-0.25, -0.2) is 4.79 Å². The van der Waals surface area contributed by atoms with E-state index in [1.807, 2.05) is 6.92 Å². The van der Waals surface area contributed by atoms with Crippen LogP contribution in [0.25, 0.3) is 0 Å². The smallest absolute Gasteiger partial charge is 0.326 e. The molecule has 1 aromatic rings. The number of hydrogen-bond acceptors (Lipinski definition) is 4. The van der Waals surface area contributed by atoms with Crippen molar-refractivity contribution in [3.63, 3.8) is 0 Å². The molecular weight excluding hydrogens is 312 g/mol. The van der Waals surface area contributed by atoms with Gasteiger partial charge in [0.1, 0.15) is 11.8 Å². The number of ether oxygens (including phenoxy) is 1. The first kappa shape index (κ1) is 17.8. The minimum absolute atomic E-state index is 0.00578. The molecule has 7 heteroatoms. The van der Waals surface area contributed by atoms with Gasteiger partial charge in [0.2, 0.25) is 5.91 Å². The summed E-state index contributed by atoms with van der Waals surface area (Å²) in [4.78, 5) is 34.5. The van der Waals surface area contributed by atoms with Crippen LogP contribution >= 0.6 is 0 Å². The summed E-state index contributed by atoms with van der Waals surface area (Å²) in [6.07, 6.45) is 2.86. The van der Waals surface area contributed by atoms with Gasteiger partial charge < -0.3 is 20.5 Å². The minimum Gasteiger partial charge on any atom is -0.484 e. The third-order valence-electron chi connectivity index (χ3n) is 3.63. The Morgan fingerprint density at radius 1 is 1.33 bits per heavy atom. The number of carbonyl (C=O) groups excluding carboxylic acids is 2. The number of anilines is 1. The lowest BCUT2D eigenvalue weighted by atomic mass is 10.2. The monoisotopic (exact) mass is 334 g/mol. The number of hydrogen-bond donors (Lipinski definition) is 3. The van der Waals surface area contributed by atoms with Crippen molar-refractivity contribution in [2.45, 2.75) is 38.6 Å².